The lowest BCUT2D eigenvalue weighted by Gasteiger charge is -2.36. The van der Waals surface area contributed by atoms with E-state index in [-0.39, 0.29) is 22.8 Å². The van der Waals surface area contributed by atoms with Crippen LogP contribution in [0.3, 0.4) is 0 Å². The predicted molar refractivity (Wildman–Crippen MR) is 123 cm³/mol. The van der Waals surface area contributed by atoms with Crippen molar-refractivity contribution in [2.75, 3.05) is 31.1 Å². The highest BCUT2D eigenvalue weighted by molar-refractivity contribution is 6.30. The summed E-state index contributed by atoms with van der Waals surface area (Å²) in [5.41, 5.74) is 2.16. The number of carbonyl (C=O) groups excluding carboxylic acids is 1. The van der Waals surface area contributed by atoms with Crippen molar-refractivity contribution in [1.82, 2.24) is 19.5 Å². The summed E-state index contributed by atoms with van der Waals surface area (Å²) in [5, 5.41) is 4.74. The third kappa shape index (κ3) is 4.14. The van der Waals surface area contributed by atoms with Gasteiger partial charge in [0.15, 0.2) is 5.65 Å². The van der Waals surface area contributed by atoms with Crippen LogP contribution >= 0.6 is 11.6 Å². The van der Waals surface area contributed by atoms with Gasteiger partial charge in [-0.05, 0) is 30.3 Å². The fourth-order valence-corrected chi connectivity index (χ4v) is 4.17. The van der Waals surface area contributed by atoms with E-state index in [0.717, 1.165) is 10.2 Å². The molecule has 9 heteroatoms. The van der Waals surface area contributed by atoms with E-state index in [1.165, 1.54) is 12.3 Å². The van der Waals surface area contributed by atoms with E-state index in [4.69, 9.17) is 11.6 Å². The molecule has 1 saturated heterocycles. The molecule has 4 aromatic rings. The van der Waals surface area contributed by atoms with E-state index in [9.17, 15) is 13.6 Å². The number of hydrogen-bond donors (Lipinski definition) is 0. The summed E-state index contributed by atoms with van der Waals surface area (Å²) in [7, 11) is 0. The van der Waals surface area contributed by atoms with Gasteiger partial charge in [0.1, 0.15) is 11.3 Å². The zero-order valence-corrected chi connectivity index (χ0v) is 18.3. The molecule has 1 fully saturated rings. The van der Waals surface area contributed by atoms with Crippen LogP contribution in [0.25, 0.3) is 16.9 Å². The van der Waals surface area contributed by atoms with Gasteiger partial charge in [-0.15, -0.1) is 0 Å². The van der Waals surface area contributed by atoms with Crippen LogP contribution in [-0.4, -0.2) is 51.6 Å². The number of rotatable bonds is 4. The second-order valence-corrected chi connectivity index (χ2v) is 8.22. The van der Waals surface area contributed by atoms with Crippen molar-refractivity contribution in [3.05, 3.63) is 83.1 Å². The van der Waals surface area contributed by atoms with E-state index in [1.54, 1.807) is 17.0 Å². The minimum Gasteiger partial charge on any atom is -0.368 e. The Balaban J connectivity index is 1.43. The number of nitrogens with zero attached hydrogens (tertiary/aromatic N) is 5. The first-order chi connectivity index (χ1) is 16.0. The molecule has 0 atom stereocenters. The first-order valence-electron chi connectivity index (χ1n) is 10.5. The molecule has 33 heavy (non-hydrogen) atoms. The molecule has 3 heterocycles. The summed E-state index contributed by atoms with van der Waals surface area (Å²) >= 11 is 5.97. The highest BCUT2D eigenvalue weighted by Crippen LogP contribution is 2.27. The first kappa shape index (κ1) is 21.3. The summed E-state index contributed by atoms with van der Waals surface area (Å²) < 4.78 is 28.6. The number of alkyl halides is 2. The number of hydrogen-bond acceptors (Lipinski definition) is 4. The van der Waals surface area contributed by atoms with Gasteiger partial charge >= 0.3 is 0 Å². The predicted octanol–water partition coefficient (Wildman–Crippen LogP) is 4.95. The Morgan fingerprint density at radius 1 is 0.970 bits per heavy atom. The lowest BCUT2D eigenvalue weighted by atomic mass is 10.1. The molecule has 1 aliphatic heterocycles. The van der Waals surface area contributed by atoms with Crippen molar-refractivity contribution in [3.63, 3.8) is 0 Å². The molecule has 0 radical (unpaired) electrons. The molecule has 0 bridgehead atoms. The summed E-state index contributed by atoms with van der Waals surface area (Å²) in [4.78, 5) is 21.7. The van der Waals surface area contributed by atoms with E-state index >= 15 is 0 Å². The number of amides is 1. The molecule has 0 saturated carbocycles. The van der Waals surface area contributed by atoms with Crippen molar-refractivity contribution >= 4 is 28.8 Å². The second kappa shape index (κ2) is 8.78. The summed E-state index contributed by atoms with van der Waals surface area (Å²) in [6, 6.07) is 17.9. The number of fused-ring (bicyclic) bond motifs is 1. The Bertz CT molecular complexity index is 1290. The molecule has 0 unspecified atom stereocenters. The second-order valence-electron chi connectivity index (χ2n) is 7.78. The quantitative estimate of drug-likeness (QED) is 0.426. The molecule has 168 valence electrons. The maximum Gasteiger partial charge on any atom is 0.280 e. The molecule has 0 N–H and O–H groups in total. The fourth-order valence-electron chi connectivity index (χ4n) is 4.04. The standard InChI is InChI=1S/C24H20ClF2N5O/c25-17-6-8-18(9-7-17)30-10-12-31(13-11-30)24(33)19-15-28-32-21(22(26)27)14-20(29-23(19)32)16-4-2-1-3-5-16/h1-9,14-15,22H,10-13H2. The summed E-state index contributed by atoms with van der Waals surface area (Å²) in [5.74, 6) is -0.265. The van der Waals surface area contributed by atoms with Crippen molar-refractivity contribution < 1.29 is 13.6 Å². The van der Waals surface area contributed by atoms with Crippen molar-refractivity contribution in [1.29, 1.82) is 0 Å². The lowest BCUT2D eigenvalue weighted by molar-refractivity contribution is 0.0748. The molecular formula is C24H20ClF2N5O. The smallest absolute Gasteiger partial charge is 0.280 e. The lowest BCUT2D eigenvalue weighted by Crippen LogP contribution is -2.48. The molecule has 1 aliphatic rings. The summed E-state index contributed by atoms with van der Waals surface area (Å²) in [6.45, 7) is 2.30. The van der Waals surface area contributed by atoms with Gasteiger partial charge in [0.25, 0.3) is 12.3 Å². The molecule has 1 amide bonds. The van der Waals surface area contributed by atoms with Gasteiger partial charge in [0.2, 0.25) is 0 Å². The van der Waals surface area contributed by atoms with Crippen LogP contribution in [-0.2, 0) is 0 Å². The maximum absolute atomic E-state index is 13.8. The van der Waals surface area contributed by atoms with Gasteiger partial charge in [-0.25, -0.2) is 18.3 Å². The van der Waals surface area contributed by atoms with Crippen molar-refractivity contribution in [3.8, 4) is 11.3 Å². The van der Waals surface area contributed by atoms with Gasteiger partial charge < -0.3 is 9.80 Å². The Kier molecular flexibility index (Phi) is 5.68. The van der Waals surface area contributed by atoms with Crippen LogP contribution in [0.15, 0.2) is 66.9 Å². The highest BCUT2D eigenvalue weighted by atomic mass is 35.5. The van der Waals surface area contributed by atoms with Gasteiger partial charge in [0.05, 0.1) is 11.9 Å². The Hall–Kier alpha value is -3.52. The van der Waals surface area contributed by atoms with Crippen LogP contribution in [0.2, 0.25) is 5.02 Å². The van der Waals surface area contributed by atoms with Crippen LogP contribution in [0.5, 0.6) is 0 Å². The Morgan fingerprint density at radius 3 is 2.33 bits per heavy atom. The number of benzene rings is 2. The van der Waals surface area contributed by atoms with Gasteiger partial charge in [0, 0.05) is 42.5 Å². The summed E-state index contributed by atoms with van der Waals surface area (Å²) in [6.07, 6.45) is -1.43. The molecule has 2 aromatic carbocycles. The number of piperazine rings is 1. The molecule has 0 aliphatic carbocycles. The molecule has 5 rings (SSSR count). The third-order valence-electron chi connectivity index (χ3n) is 5.78. The molecule has 2 aromatic heterocycles. The van der Waals surface area contributed by atoms with E-state index in [2.05, 4.69) is 15.0 Å². The fraction of sp³-hybridized carbons (Fsp3) is 0.208. The minimum atomic E-state index is -2.76. The SMILES string of the molecule is O=C(c1cnn2c(C(F)F)cc(-c3ccccc3)nc12)N1CCN(c2ccc(Cl)cc2)CC1. The highest BCUT2D eigenvalue weighted by Gasteiger charge is 2.27. The monoisotopic (exact) mass is 467 g/mol. The average Bonchev–Trinajstić information content (AvgIpc) is 3.28. The van der Waals surface area contributed by atoms with Crippen LogP contribution in [0, 0.1) is 0 Å². The number of anilines is 1. The van der Waals surface area contributed by atoms with E-state index < -0.39 is 6.43 Å². The van der Waals surface area contributed by atoms with Crippen LogP contribution < -0.4 is 4.90 Å². The normalized spacial score (nSPS) is 14.3. The van der Waals surface area contributed by atoms with Crippen molar-refractivity contribution in [2.24, 2.45) is 0 Å². The zero-order chi connectivity index (χ0) is 22.9. The minimum absolute atomic E-state index is 0.136. The van der Waals surface area contributed by atoms with Crippen LogP contribution in [0.1, 0.15) is 22.5 Å². The molecule has 0 spiro atoms. The van der Waals surface area contributed by atoms with Crippen molar-refractivity contribution in [2.45, 2.75) is 6.43 Å². The van der Waals surface area contributed by atoms with Gasteiger partial charge in [-0.1, -0.05) is 41.9 Å². The topological polar surface area (TPSA) is 53.7 Å². The van der Waals surface area contributed by atoms with Gasteiger partial charge in [-0.2, -0.15) is 5.10 Å². The first-order valence-corrected chi connectivity index (χ1v) is 10.9. The zero-order valence-electron chi connectivity index (χ0n) is 17.5. The third-order valence-corrected chi connectivity index (χ3v) is 6.03. The number of carbonyl (C=O) groups is 1. The average molecular weight is 468 g/mol. The Morgan fingerprint density at radius 2 is 1.67 bits per heavy atom. The number of halogens is 3. The van der Waals surface area contributed by atoms with Gasteiger partial charge in [-0.3, -0.25) is 4.79 Å². The van der Waals surface area contributed by atoms with Crippen LogP contribution in [0.4, 0.5) is 14.5 Å². The molecule has 6 nitrogen and oxygen atoms in total. The molecular weight excluding hydrogens is 448 g/mol. The Labute approximate surface area is 194 Å². The number of aromatic nitrogens is 3. The largest absolute Gasteiger partial charge is 0.368 e. The van der Waals surface area contributed by atoms with E-state index in [1.807, 2.05) is 42.5 Å². The maximum atomic E-state index is 13.8. The van der Waals surface area contributed by atoms with E-state index in [0.29, 0.717) is 42.5 Å².